The number of nitrogens with zero attached hydrogens (tertiary/aromatic N) is 1. The van der Waals surface area contributed by atoms with Crippen molar-refractivity contribution in [2.45, 2.75) is 0 Å². The molecule has 0 bridgehead atoms. The molecule has 0 saturated heterocycles. The van der Waals surface area contributed by atoms with Gasteiger partial charge < -0.3 is 5.11 Å². The molecular weight excluding hydrogens is 73.0 g/mol. The lowest BCUT2D eigenvalue weighted by Gasteiger charge is -1.25. The minimum Gasteiger partial charge on any atom is -0.443 e. The first kappa shape index (κ1) is 9.30. The number of aliphatic hydroxyl groups excluding tert-OH is 1. The molecule has 0 amide bonds. The summed E-state index contributed by atoms with van der Waals surface area (Å²) in [7, 11) is 0. The van der Waals surface area contributed by atoms with Gasteiger partial charge in [0.1, 0.15) is 0 Å². The van der Waals surface area contributed by atoms with Crippen LogP contribution < -0.4 is 0 Å². The van der Waals surface area contributed by atoms with Gasteiger partial charge in [0.05, 0.1) is 0 Å². The van der Waals surface area contributed by atoms with Gasteiger partial charge in [0, 0.05) is 0 Å². The molecule has 0 radical (unpaired) electrons. The van der Waals surface area contributed by atoms with Gasteiger partial charge in [-0.2, -0.15) is 15.2 Å². The van der Waals surface area contributed by atoms with Crippen molar-refractivity contribution in [3.63, 3.8) is 0 Å². The fourth-order valence-electron chi connectivity index (χ4n) is 0. The van der Waals surface area contributed by atoms with Gasteiger partial charge in [0.15, 0.2) is 0 Å². The summed E-state index contributed by atoms with van der Waals surface area (Å²) in [6, 6.07) is 0. The van der Waals surface area contributed by atoms with Crippen LogP contribution in [0.5, 0.6) is 0 Å². The van der Waals surface area contributed by atoms with Gasteiger partial charge in [-0.25, -0.2) is 0 Å². The fourth-order valence-corrected chi connectivity index (χ4v) is 0. The number of hydrogen-bond acceptors (Lipinski definition) is 2. The van der Waals surface area contributed by atoms with Gasteiger partial charge in [-0.15, -0.1) is 0 Å². The maximum atomic E-state index is 6.88. The summed E-state index contributed by atoms with van der Waals surface area (Å²) in [5, 5.41) is 13.8. The topological polar surface area (TPSA) is 44.0 Å². The molecule has 0 aliphatic rings. The molecule has 0 aliphatic carbocycles. The van der Waals surface area contributed by atoms with Crippen molar-refractivity contribution in [1.82, 2.24) is 0 Å². The number of rotatable bonds is 0. The summed E-state index contributed by atoms with van der Waals surface area (Å²) in [6.45, 7) is 0. The summed E-state index contributed by atoms with van der Waals surface area (Å²) in [4.78, 5) is 0. The molecule has 0 saturated carbocycles. The summed E-state index contributed by atoms with van der Waals surface area (Å²) in [5.74, 6) is 0. The van der Waals surface area contributed by atoms with E-state index in [1.165, 1.54) is 0 Å². The lowest BCUT2D eigenvalue weighted by atomic mass is 11.6. The van der Waals surface area contributed by atoms with Gasteiger partial charge >= 0.3 is 0 Å². The molecule has 0 heterocycles. The van der Waals surface area contributed by atoms with Crippen molar-refractivity contribution in [3.8, 4) is 6.26 Å². The second kappa shape index (κ2) is 15.5. The molecular formula is CH4NOP. The first-order valence-electron chi connectivity index (χ1n) is 0.447. The zero-order valence-electron chi connectivity index (χ0n) is 2.10. The molecule has 2 nitrogen and oxygen atoms in total. The molecule has 0 aromatic heterocycles. The van der Waals surface area contributed by atoms with Gasteiger partial charge in [0.25, 0.3) is 6.26 Å². The van der Waals surface area contributed by atoms with E-state index >= 15 is 0 Å². The summed E-state index contributed by atoms with van der Waals surface area (Å²) in [6.07, 6.45) is 0.750. The minimum atomic E-state index is 0. The normalized spacial score (nSPS) is 1.75. The van der Waals surface area contributed by atoms with Gasteiger partial charge in [-0.1, -0.05) is 0 Å². The Morgan fingerprint density at radius 3 is 1.75 bits per heavy atom. The van der Waals surface area contributed by atoms with Crippen LogP contribution in [0.2, 0.25) is 0 Å². The highest BCUT2D eigenvalue weighted by atomic mass is 31.0. The van der Waals surface area contributed by atoms with E-state index in [0.717, 1.165) is 6.26 Å². The third-order valence-corrected chi connectivity index (χ3v) is 0. The van der Waals surface area contributed by atoms with Crippen molar-refractivity contribution >= 4 is 9.90 Å². The van der Waals surface area contributed by atoms with Crippen molar-refractivity contribution in [2.24, 2.45) is 0 Å². The standard InChI is InChI=1S/CHNO.H3P/c2-1-3;/h3H;1H3. The number of hydrogen-bond donors (Lipinski definition) is 1. The molecule has 1 N–H and O–H groups in total. The Balaban J connectivity index is 0. The zero-order valence-corrected chi connectivity index (χ0v) is 3.52. The van der Waals surface area contributed by atoms with Crippen molar-refractivity contribution in [3.05, 3.63) is 0 Å². The summed E-state index contributed by atoms with van der Waals surface area (Å²) in [5.41, 5.74) is 0. The quantitative estimate of drug-likeness (QED) is 0.324. The van der Waals surface area contributed by atoms with Crippen LogP contribution in [0.25, 0.3) is 0 Å². The molecule has 1 atom stereocenters. The average Bonchev–Trinajstić information content (AvgIpc) is 0.918. The van der Waals surface area contributed by atoms with E-state index in [4.69, 9.17) is 10.4 Å². The molecule has 24 valence electrons. The lowest BCUT2D eigenvalue weighted by Crippen LogP contribution is -1.27. The van der Waals surface area contributed by atoms with Gasteiger partial charge in [-0.3, -0.25) is 0 Å². The Kier molecular flexibility index (Phi) is 36.1. The van der Waals surface area contributed by atoms with Crippen LogP contribution in [-0.4, -0.2) is 5.11 Å². The van der Waals surface area contributed by atoms with Crippen molar-refractivity contribution < 1.29 is 5.11 Å². The first-order valence-corrected chi connectivity index (χ1v) is 0.447. The molecule has 0 rings (SSSR count). The molecule has 4 heavy (non-hydrogen) atoms. The monoisotopic (exact) mass is 77.0 g/mol. The van der Waals surface area contributed by atoms with E-state index in [9.17, 15) is 0 Å². The first-order chi connectivity index (χ1) is 1.41. The van der Waals surface area contributed by atoms with Crippen LogP contribution >= 0.6 is 9.90 Å². The fraction of sp³-hybridized carbons (Fsp3) is 0. The predicted octanol–water partition coefficient (Wildman–Crippen LogP) is -0.102. The summed E-state index contributed by atoms with van der Waals surface area (Å²) >= 11 is 0. The Morgan fingerprint density at radius 1 is 1.75 bits per heavy atom. The number of aliphatic hydroxyl groups is 1. The summed E-state index contributed by atoms with van der Waals surface area (Å²) < 4.78 is 0. The van der Waals surface area contributed by atoms with Crippen LogP contribution in [0.1, 0.15) is 0 Å². The van der Waals surface area contributed by atoms with Gasteiger partial charge in [0.2, 0.25) is 0 Å². The van der Waals surface area contributed by atoms with E-state index in [1.54, 1.807) is 0 Å². The Hall–Kier alpha value is -0.280. The van der Waals surface area contributed by atoms with E-state index in [-0.39, 0.29) is 9.90 Å². The van der Waals surface area contributed by atoms with Crippen molar-refractivity contribution in [1.29, 1.82) is 5.26 Å². The Morgan fingerprint density at radius 2 is 1.75 bits per heavy atom. The Labute approximate surface area is 27.7 Å². The number of nitriles is 1. The molecule has 1 unspecified atom stereocenters. The third kappa shape index (κ3) is 11.4. The largest absolute Gasteiger partial charge is 0.443 e. The van der Waals surface area contributed by atoms with Crippen LogP contribution in [-0.2, 0) is 0 Å². The zero-order chi connectivity index (χ0) is 2.71. The van der Waals surface area contributed by atoms with E-state index < -0.39 is 0 Å². The minimum absolute atomic E-state index is 0. The molecule has 0 aromatic rings. The average molecular weight is 77.0 g/mol. The Bertz CT molecular complexity index is 29.5. The van der Waals surface area contributed by atoms with E-state index in [0.29, 0.717) is 0 Å². The van der Waals surface area contributed by atoms with Gasteiger partial charge in [-0.05, 0) is 0 Å². The van der Waals surface area contributed by atoms with Crippen LogP contribution in [0.4, 0.5) is 0 Å². The highest BCUT2D eigenvalue weighted by Gasteiger charge is 1.16. The highest BCUT2D eigenvalue weighted by molar-refractivity contribution is 6.92. The molecule has 0 aromatic carbocycles. The van der Waals surface area contributed by atoms with Crippen LogP contribution in [0, 0.1) is 11.5 Å². The SMILES string of the molecule is N#CO.P. The second-order valence-electron chi connectivity index (χ2n) is 0.100. The molecule has 0 spiro atoms. The van der Waals surface area contributed by atoms with Crippen molar-refractivity contribution in [2.75, 3.05) is 0 Å². The van der Waals surface area contributed by atoms with Crippen LogP contribution in [0.15, 0.2) is 0 Å². The van der Waals surface area contributed by atoms with Crippen LogP contribution in [0.3, 0.4) is 0 Å². The molecule has 0 fully saturated rings. The highest BCUT2D eigenvalue weighted by Crippen LogP contribution is 1.06. The smallest absolute Gasteiger partial charge is 0.283 e. The lowest BCUT2D eigenvalue weighted by molar-refractivity contribution is 0.503. The predicted molar refractivity (Wildman–Crippen MR) is 18.7 cm³/mol. The maximum Gasteiger partial charge on any atom is 0.283 e. The molecule has 3 heteroatoms. The molecule has 0 aliphatic heterocycles. The third-order valence-electron chi connectivity index (χ3n) is 0. The van der Waals surface area contributed by atoms with E-state index in [1.807, 2.05) is 0 Å². The maximum absolute atomic E-state index is 6.88. The van der Waals surface area contributed by atoms with E-state index in [2.05, 4.69) is 0 Å². The second-order valence-corrected chi connectivity index (χ2v) is 0.100.